The molecule has 3 aromatic carbocycles. The van der Waals surface area contributed by atoms with Gasteiger partial charge in [0.1, 0.15) is 5.75 Å². The van der Waals surface area contributed by atoms with Gasteiger partial charge < -0.3 is 18.9 Å². The van der Waals surface area contributed by atoms with E-state index in [1.54, 1.807) is 37.8 Å². The molecule has 0 fully saturated rings. The third-order valence-electron chi connectivity index (χ3n) is 6.59. The number of esters is 1. The number of aromatic nitrogens is 1. The Morgan fingerprint density at radius 1 is 0.951 bits per heavy atom. The topological polar surface area (TPSA) is 88.4 Å². The highest BCUT2D eigenvalue weighted by Crippen LogP contribution is 2.38. The van der Waals surface area contributed by atoms with Crippen molar-refractivity contribution < 1.29 is 23.7 Å². The van der Waals surface area contributed by atoms with Gasteiger partial charge in [0.15, 0.2) is 16.3 Å². The van der Waals surface area contributed by atoms with Crippen LogP contribution in [0.5, 0.6) is 17.2 Å². The molecule has 0 spiro atoms. The molecule has 0 radical (unpaired) electrons. The SMILES string of the molecule is CCOC(=O)C1=C(c2ccccc2)N=c2s/c(=C\c3ccc(OCC)cc3)c(=O)n2[C@H]1c1ccc(OC)c(OC)c1. The summed E-state index contributed by atoms with van der Waals surface area (Å²) in [5.41, 5.74) is 2.70. The molecule has 1 aliphatic heterocycles. The summed E-state index contributed by atoms with van der Waals surface area (Å²) >= 11 is 1.27. The maximum absolute atomic E-state index is 14.0. The van der Waals surface area contributed by atoms with Crippen LogP contribution in [0.15, 0.2) is 88.2 Å². The molecule has 1 aromatic heterocycles. The normalized spacial score (nSPS) is 14.7. The fourth-order valence-corrected chi connectivity index (χ4v) is 5.76. The summed E-state index contributed by atoms with van der Waals surface area (Å²) in [6.07, 6.45) is 1.82. The fourth-order valence-electron chi connectivity index (χ4n) is 4.76. The van der Waals surface area contributed by atoms with Crippen LogP contribution in [0, 0.1) is 0 Å². The van der Waals surface area contributed by atoms with Gasteiger partial charge in [0, 0.05) is 5.56 Å². The molecular weight excluding hydrogens is 540 g/mol. The van der Waals surface area contributed by atoms with Crippen LogP contribution >= 0.6 is 11.3 Å². The van der Waals surface area contributed by atoms with Gasteiger partial charge >= 0.3 is 5.97 Å². The number of fused-ring (bicyclic) bond motifs is 1. The van der Waals surface area contributed by atoms with E-state index >= 15 is 0 Å². The number of carbonyl (C=O) groups is 1. The zero-order valence-corrected chi connectivity index (χ0v) is 24.1. The zero-order chi connectivity index (χ0) is 28.9. The molecule has 0 bridgehead atoms. The number of hydrogen-bond acceptors (Lipinski definition) is 8. The average molecular weight is 571 g/mol. The largest absolute Gasteiger partial charge is 0.494 e. The van der Waals surface area contributed by atoms with Crippen LogP contribution in [0.1, 0.15) is 36.6 Å². The summed E-state index contributed by atoms with van der Waals surface area (Å²) in [7, 11) is 3.10. The van der Waals surface area contributed by atoms with Crippen LogP contribution in [0.2, 0.25) is 0 Å². The highest BCUT2D eigenvalue weighted by atomic mass is 32.1. The number of carbonyl (C=O) groups excluding carboxylic acids is 1. The molecule has 0 saturated heterocycles. The van der Waals surface area contributed by atoms with Crippen molar-refractivity contribution in [3.8, 4) is 17.2 Å². The predicted molar refractivity (Wildman–Crippen MR) is 158 cm³/mol. The van der Waals surface area contributed by atoms with Crippen molar-refractivity contribution in [2.45, 2.75) is 19.9 Å². The van der Waals surface area contributed by atoms with Crippen LogP contribution in [0.3, 0.4) is 0 Å². The van der Waals surface area contributed by atoms with Crippen molar-refractivity contribution in [3.63, 3.8) is 0 Å². The highest BCUT2D eigenvalue weighted by molar-refractivity contribution is 7.07. The first-order valence-electron chi connectivity index (χ1n) is 13.2. The Balaban J connectivity index is 1.79. The summed E-state index contributed by atoms with van der Waals surface area (Å²) in [6, 6.07) is 21.5. The number of benzene rings is 3. The molecule has 1 atom stereocenters. The fraction of sp³-hybridized carbons (Fsp3) is 0.219. The van der Waals surface area contributed by atoms with Gasteiger partial charge in [-0.1, -0.05) is 59.9 Å². The van der Waals surface area contributed by atoms with Crippen LogP contribution in [-0.4, -0.2) is 38.0 Å². The van der Waals surface area contributed by atoms with Crippen molar-refractivity contribution in [2.24, 2.45) is 4.99 Å². The van der Waals surface area contributed by atoms with E-state index in [4.69, 9.17) is 23.9 Å². The van der Waals surface area contributed by atoms with E-state index < -0.39 is 12.0 Å². The molecule has 4 aromatic rings. The van der Waals surface area contributed by atoms with Gasteiger partial charge in [-0.25, -0.2) is 9.79 Å². The highest BCUT2D eigenvalue weighted by Gasteiger charge is 2.35. The maximum atomic E-state index is 14.0. The Hall–Kier alpha value is -4.63. The average Bonchev–Trinajstić information content (AvgIpc) is 3.31. The molecule has 1 aliphatic rings. The van der Waals surface area contributed by atoms with Crippen molar-refractivity contribution in [1.82, 2.24) is 4.57 Å². The maximum Gasteiger partial charge on any atom is 0.338 e. The van der Waals surface area contributed by atoms with Crippen LogP contribution in [0.4, 0.5) is 0 Å². The van der Waals surface area contributed by atoms with Gasteiger partial charge in [0.2, 0.25) is 0 Å². The minimum atomic E-state index is -0.817. The van der Waals surface area contributed by atoms with Gasteiger partial charge in [-0.05, 0) is 55.3 Å². The third kappa shape index (κ3) is 5.53. The minimum Gasteiger partial charge on any atom is -0.494 e. The lowest BCUT2D eigenvalue weighted by molar-refractivity contribution is -0.138. The lowest BCUT2D eigenvalue weighted by Crippen LogP contribution is -2.40. The predicted octanol–water partition coefficient (Wildman–Crippen LogP) is 4.35. The van der Waals surface area contributed by atoms with E-state index in [1.807, 2.05) is 73.7 Å². The van der Waals surface area contributed by atoms with Crippen molar-refractivity contribution in [2.75, 3.05) is 27.4 Å². The van der Waals surface area contributed by atoms with Crippen LogP contribution in [0.25, 0.3) is 11.8 Å². The third-order valence-corrected chi connectivity index (χ3v) is 7.57. The number of rotatable bonds is 9. The molecule has 0 aliphatic carbocycles. The summed E-state index contributed by atoms with van der Waals surface area (Å²) in [4.78, 5) is 33.0. The molecular formula is C32H30N2O6S. The van der Waals surface area contributed by atoms with E-state index in [0.29, 0.717) is 38.7 Å². The standard InChI is InChI=1S/C32H30N2O6S/c1-5-39-23-15-12-20(13-16-23)18-26-30(35)34-29(22-14-17-24(37-3)25(19-22)38-4)27(31(36)40-6-2)28(33-32(34)41-26)21-10-8-7-9-11-21/h7-19,29H,5-6H2,1-4H3/b26-18-/t29-/m0/s1. The van der Waals surface area contributed by atoms with E-state index in [2.05, 4.69) is 0 Å². The second kappa shape index (κ2) is 12.3. The van der Waals surface area contributed by atoms with E-state index in [0.717, 1.165) is 16.9 Å². The summed E-state index contributed by atoms with van der Waals surface area (Å²) < 4.78 is 24.1. The molecule has 41 heavy (non-hydrogen) atoms. The van der Waals surface area contributed by atoms with Crippen LogP contribution in [-0.2, 0) is 9.53 Å². The number of methoxy groups -OCH3 is 2. The molecule has 5 rings (SSSR count). The summed E-state index contributed by atoms with van der Waals surface area (Å²) in [5.74, 6) is 1.22. The van der Waals surface area contributed by atoms with Gasteiger partial charge in [-0.15, -0.1) is 0 Å². The molecule has 210 valence electrons. The second-order valence-corrected chi connectivity index (χ2v) is 10.1. The monoisotopic (exact) mass is 570 g/mol. The Kier molecular flexibility index (Phi) is 8.35. The summed E-state index contributed by atoms with van der Waals surface area (Å²) in [5, 5.41) is 0. The Morgan fingerprint density at radius 2 is 1.68 bits per heavy atom. The zero-order valence-electron chi connectivity index (χ0n) is 23.2. The lowest BCUT2D eigenvalue weighted by atomic mass is 9.93. The first kappa shape index (κ1) is 27.9. The molecule has 8 nitrogen and oxygen atoms in total. The molecule has 2 heterocycles. The molecule has 9 heteroatoms. The molecule has 0 amide bonds. The Labute approximate surface area is 241 Å². The van der Waals surface area contributed by atoms with Gasteiger partial charge in [0.05, 0.1) is 49.3 Å². The van der Waals surface area contributed by atoms with E-state index in [-0.39, 0.29) is 17.7 Å². The molecule has 0 N–H and O–H groups in total. The second-order valence-electron chi connectivity index (χ2n) is 9.05. The smallest absolute Gasteiger partial charge is 0.338 e. The lowest BCUT2D eigenvalue weighted by Gasteiger charge is -2.26. The Bertz CT molecular complexity index is 1770. The van der Waals surface area contributed by atoms with Crippen LogP contribution < -0.4 is 29.1 Å². The van der Waals surface area contributed by atoms with Gasteiger partial charge in [0.25, 0.3) is 5.56 Å². The quantitative estimate of drug-likeness (QED) is 0.278. The first-order chi connectivity index (χ1) is 20.0. The van der Waals surface area contributed by atoms with E-state index in [9.17, 15) is 9.59 Å². The Morgan fingerprint density at radius 3 is 2.34 bits per heavy atom. The minimum absolute atomic E-state index is 0.172. The first-order valence-corrected chi connectivity index (χ1v) is 14.0. The van der Waals surface area contributed by atoms with Gasteiger partial charge in [-0.2, -0.15) is 0 Å². The number of thiazole rings is 1. The van der Waals surface area contributed by atoms with Crippen molar-refractivity contribution >= 4 is 29.1 Å². The number of nitrogens with zero attached hydrogens (tertiary/aromatic N) is 2. The number of hydrogen-bond donors (Lipinski definition) is 0. The van der Waals surface area contributed by atoms with Crippen molar-refractivity contribution in [3.05, 3.63) is 115 Å². The number of ether oxygens (including phenoxy) is 4. The van der Waals surface area contributed by atoms with Gasteiger partial charge in [-0.3, -0.25) is 9.36 Å². The summed E-state index contributed by atoms with van der Waals surface area (Å²) in [6.45, 7) is 4.42. The van der Waals surface area contributed by atoms with Crippen molar-refractivity contribution in [1.29, 1.82) is 0 Å². The van der Waals surface area contributed by atoms with E-state index in [1.165, 1.54) is 11.3 Å². The molecule has 0 saturated carbocycles. The molecule has 0 unspecified atom stereocenters.